The molecule has 1 saturated heterocycles. The molecule has 1 atom stereocenters. The molecule has 0 saturated carbocycles. The van der Waals surface area contributed by atoms with Crippen LogP contribution in [0.15, 0.2) is 34.9 Å². The standard InChI is InChI=1S/C18H23BrN4O.ClH/c19-16-6-5-13(17-15(16)4-1-8-21-17)11-23-10-2-3-14(12-23)18(24)22-9-7-20;/h1,4-6,8,14H,2-3,7,9-12,20H2,(H,22,24);1H. The number of amides is 1. The van der Waals surface area contributed by atoms with E-state index in [1.54, 1.807) is 0 Å². The molecule has 0 aliphatic carbocycles. The van der Waals surface area contributed by atoms with Crippen LogP contribution in [0.5, 0.6) is 0 Å². The fourth-order valence-electron chi connectivity index (χ4n) is 3.32. The minimum atomic E-state index is 0. The van der Waals surface area contributed by atoms with E-state index in [2.05, 4.69) is 49.3 Å². The Morgan fingerprint density at radius 1 is 1.40 bits per heavy atom. The maximum absolute atomic E-state index is 12.2. The largest absolute Gasteiger partial charge is 0.355 e. The van der Waals surface area contributed by atoms with Crippen molar-refractivity contribution in [2.45, 2.75) is 19.4 Å². The highest BCUT2D eigenvalue weighted by Gasteiger charge is 2.25. The molecule has 7 heteroatoms. The minimum Gasteiger partial charge on any atom is -0.355 e. The van der Waals surface area contributed by atoms with Crippen molar-refractivity contribution in [2.75, 3.05) is 26.2 Å². The minimum absolute atomic E-state index is 0. The van der Waals surface area contributed by atoms with E-state index in [0.29, 0.717) is 13.1 Å². The number of hydrogen-bond acceptors (Lipinski definition) is 4. The third-order valence-electron chi connectivity index (χ3n) is 4.51. The molecule has 0 radical (unpaired) electrons. The number of carbonyl (C=O) groups excluding carboxylic acids is 1. The van der Waals surface area contributed by atoms with E-state index in [0.717, 1.165) is 47.9 Å². The number of nitrogens with one attached hydrogen (secondary N) is 1. The number of nitrogens with zero attached hydrogens (tertiary/aromatic N) is 2. The summed E-state index contributed by atoms with van der Waals surface area (Å²) in [6.45, 7) is 3.67. The first-order valence-electron chi connectivity index (χ1n) is 8.41. The van der Waals surface area contributed by atoms with Gasteiger partial charge in [0.05, 0.1) is 11.4 Å². The quantitative estimate of drug-likeness (QED) is 0.769. The van der Waals surface area contributed by atoms with Gasteiger partial charge < -0.3 is 11.1 Å². The summed E-state index contributed by atoms with van der Waals surface area (Å²) in [5.74, 6) is 0.184. The number of pyridine rings is 1. The number of halogens is 2. The molecule has 1 aliphatic heterocycles. The second kappa shape index (κ2) is 9.48. The van der Waals surface area contributed by atoms with Crippen LogP contribution < -0.4 is 11.1 Å². The number of aromatic nitrogens is 1. The van der Waals surface area contributed by atoms with Gasteiger partial charge in [-0.3, -0.25) is 14.7 Å². The van der Waals surface area contributed by atoms with E-state index in [9.17, 15) is 4.79 Å². The molecular formula is C18H24BrClN4O. The van der Waals surface area contributed by atoms with Crippen molar-refractivity contribution >= 4 is 45.1 Å². The number of benzene rings is 1. The van der Waals surface area contributed by atoms with Gasteiger partial charge in [0, 0.05) is 42.2 Å². The lowest BCUT2D eigenvalue weighted by Gasteiger charge is -2.32. The monoisotopic (exact) mass is 426 g/mol. The molecule has 2 heterocycles. The van der Waals surface area contributed by atoms with Crippen molar-refractivity contribution in [1.29, 1.82) is 0 Å². The van der Waals surface area contributed by atoms with Gasteiger partial charge in [-0.15, -0.1) is 12.4 Å². The van der Waals surface area contributed by atoms with E-state index < -0.39 is 0 Å². The smallest absolute Gasteiger partial charge is 0.224 e. The second-order valence-electron chi connectivity index (χ2n) is 6.26. The van der Waals surface area contributed by atoms with Crippen molar-refractivity contribution in [2.24, 2.45) is 11.7 Å². The topological polar surface area (TPSA) is 71.2 Å². The summed E-state index contributed by atoms with van der Waals surface area (Å²) in [6, 6.07) is 8.23. The number of carbonyl (C=O) groups is 1. The second-order valence-corrected chi connectivity index (χ2v) is 7.11. The highest BCUT2D eigenvalue weighted by atomic mass is 79.9. The van der Waals surface area contributed by atoms with E-state index in [4.69, 9.17) is 5.73 Å². The van der Waals surface area contributed by atoms with Gasteiger partial charge in [-0.1, -0.05) is 28.1 Å². The lowest BCUT2D eigenvalue weighted by molar-refractivity contribution is -0.126. The normalized spacial score (nSPS) is 17.9. The van der Waals surface area contributed by atoms with Gasteiger partial charge in [-0.2, -0.15) is 0 Å². The van der Waals surface area contributed by atoms with Gasteiger partial charge in [0.2, 0.25) is 5.91 Å². The van der Waals surface area contributed by atoms with Crippen molar-refractivity contribution in [3.63, 3.8) is 0 Å². The van der Waals surface area contributed by atoms with Gasteiger partial charge in [-0.05, 0) is 37.1 Å². The third-order valence-corrected chi connectivity index (χ3v) is 5.21. The van der Waals surface area contributed by atoms with Crippen molar-refractivity contribution in [3.05, 3.63) is 40.5 Å². The summed E-state index contributed by atoms with van der Waals surface area (Å²) < 4.78 is 1.06. The van der Waals surface area contributed by atoms with Gasteiger partial charge in [-0.25, -0.2) is 0 Å². The Hall–Kier alpha value is -1.21. The zero-order chi connectivity index (χ0) is 16.9. The van der Waals surface area contributed by atoms with Crippen molar-refractivity contribution < 1.29 is 4.79 Å². The summed E-state index contributed by atoms with van der Waals surface area (Å²) in [6.07, 6.45) is 3.83. The lowest BCUT2D eigenvalue weighted by Crippen LogP contribution is -2.43. The Labute approximate surface area is 162 Å². The predicted octanol–water partition coefficient (Wildman–Crippen LogP) is 2.71. The molecule has 0 spiro atoms. The van der Waals surface area contributed by atoms with Gasteiger partial charge in [0.15, 0.2) is 0 Å². The van der Waals surface area contributed by atoms with E-state index in [1.165, 1.54) is 5.56 Å². The highest BCUT2D eigenvalue weighted by molar-refractivity contribution is 9.10. The van der Waals surface area contributed by atoms with Crippen LogP contribution in [0.25, 0.3) is 10.9 Å². The van der Waals surface area contributed by atoms with E-state index in [-0.39, 0.29) is 24.2 Å². The fraction of sp³-hybridized carbons (Fsp3) is 0.444. The number of hydrogen-bond donors (Lipinski definition) is 2. The van der Waals surface area contributed by atoms with Crippen LogP contribution in [0.2, 0.25) is 0 Å². The molecule has 2 aromatic rings. The number of nitrogens with two attached hydrogens (primary N) is 1. The molecule has 136 valence electrons. The first-order chi connectivity index (χ1) is 11.7. The van der Waals surface area contributed by atoms with Crippen molar-refractivity contribution in [3.8, 4) is 0 Å². The van der Waals surface area contributed by atoms with Gasteiger partial charge in [0.25, 0.3) is 0 Å². The average Bonchev–Trinajstić information content (AvgIpc) is 2.62. The van der Waals surface area contributed by atoms with Crippen LogP contribution in [0, 0.1) is 5.92 Å². The van der Waals surface area contributed by atoms with Crippen LogP contribution in [0.4, 0.5) is 0 Å². The Morgan fingerprint density at radius 3 is 3.04 bits per heavy atom. The first-order valence-corrected chi connectivity index (χ1v) is 9.20. The Bertz CT molecular complexity index is 727. The maximum Gasteiger partial charge on any atom is 0.224 e. The molecule has 1 fully saturated rings. The van der Waals surface area contributed by atoms with Crippen molar-refractivity contribution in [1.82, 2.24) is 15.2 Å². The number of rotatable bonds is 5. The maximum atomic E-state index is 12.2. The van der Waals surface area contributed by atoms with Crippen LogP contribution in [0.1, 0.15) is 18.4 Å². The highest BCUT2D eigenvalue weighted by Crippen LogP contribution is 2.27. The Morgan fingerprint density at radius 2 is 2.24 bits per heavy atom. The summed E-state index contributed by atoms with van der Waals surface area (Å²) >= 11 is 3.59. The van der Waals surface area contributed by atoms with Gasteiger partial charge >= 0.3 is 0 Å². The number of piperidine rings is 1. The van der Waals surface area contributed by atoms with Crippen LogP contribution in [-0.2, 0) is 11.3 Å². The molecule has 1 aliphatic rings. The van der Waals surface area contributed by atoms with Gasteiger partial charge in [0.1, 0.15) is 0 Å². The summed E-state index contributed by atoms with van der Waals surface area (Å²) in [5, 5.41) is 4.04. The van der Waals surface area contributed by atoms with E-state index >= 15 is 0 Å². The first kappa shape index (κ1) is 20.1. The Kier molecular flexibility index (Phi) is 7.62. The molecule has 3 rings (SSSR count). The molecule has 3 N–H and O–H groups in total. The molecule has 1 aromatic heterocycles. The summed E-state index contributed by atoms with van der Waals surface area (Å²) in [7, 11) is 0. The number of fused-ring (bicyclic) bond motifs is 1. The molecule has 1 amide bonds. The molecule has 5 nitrogen and oxygen atoms in total. The molecule has 0 bridgehead atoms. The predicted molar refractivity (Wildman–Crippen MR) is 107 cm³/mol. The zero-order valence-corrected chi connectivity index (χ0v) is 16.5. The molecule has 1 unspecified atom stereocenters. The molecule has 25 heavy (non-hydrogen) atoms. The van der Waals surface area contributed by atoms with Crippen LogP contribution in [-0.4, -0.2) is 42.0 Å². The zero-order valence-electron chi connectivity index (χ0n) is 14.1. The lowest BCUT2D eigenvalue weighted by atomic mass is 9.96. The SMILES string of the molecule is Cl.NCCNC(=O)C1CCCN(Cc2ccc(Br)c3cccnc23)C1. The summed E-state index contributed by atoms with van der Waals surface area (Å²) in [5.41, 5.74) is 7.70. The van der Waals surface area contributed by atoms with Crippen LogP contribution >= 0.6 is 28.3 Å². The Balaban J connectivity index is 0.00000225. The van der Waals surface area contributed by atoms with E-state index in [1.807, 2.05) is 12.3 Å². The number of likely N-dealkylation sites (tertiary alicyclic amines) is 1. The average molecular weight is 428 g/mol. The fourth-order valence-corrected chi connectivity index (χ4v) is 3.77. The molecular weight excluding hydrogens is 404 g/mol. The third kappa shape index (κ3) is 4.91. The molecule has 1 aromatic carbocycles. The summed E-state index contributed by atoms with van der Waals surface area (Å²) in [4.78, 5) is 19.1. The van der Waals surface area contributed by atoms with Crippen LogP contribution in [0.3, 0.4) is 0 Å².